The summed E-state index contributed by atoms with van der Waals surface area (Å²) in [5, 5.41) is 1.14. The molecule has 49 heavy (non-hydrogen) atoms. The third kappa shape index (κ3) is 4.19. The van der Waals surface area contributed by atoms with Crippen LogP contribution in [0.3, 0.4) is 0 Å². The molecule has 0 unspecified atom stereocenters. The topological polar surface area (TPSA) is 31.4 Å². The Labute approximate surface area is 284 Å². The van der Waals surface area contributed by atoms with Crippen molar-refractivity contribution in [3.05, 3.63) is 198 Å². The summed E-state index contributed by atoms with van der Waals surface area (Å²) < 4.78 is 13.3. The van der Waals surface area contributed by atoms with Gasteiger partial charge in [-0.25, -0.2) is 0 Å². The Balaban J connectivity index is 1.05. The van der Waals surface area contributed by atoms with Crippen LogP contribution < -0.4 is 9.47 Å². The molecule has 8 aromatic rings. The van der Waals surface area contributed by atoms with Gasteiger partial charge < -0.3 is 9.47 Å². The van der Waals surface area contributed by atoms with E-state index in [1.54, 1.807) is 0 Å². The smallest absolute Gasteiger partial charge is 0.170 e. The molecule has 0 fully saturated rings. The van der Waals surface area contributed by atoms with Crippen molar-refractivity contribution in [3.63, 3.8) is 0 Å². The van der Waals surface area contributed by atoms with E-state index in [4.69, 9.17) is 9.47 Å². The highest BCUT2D eigenvalue weighted by Gasteiger charge is 2.47. The van der Waals surface area contributed by atoms with Crippen molar-refractivity contribution in [1.82, 2.24) is 4.98 Å². The summed E-state index contributed by atoms with van der Waals surface area (Å²) in [4.78, 5) is 4.65. The van der Waals surface area contributed by atoms with Crippen LogP contribution in [0.4, 0.5) is 0 Å². The summed E-state index contributed by atoms with van der Waals surface area (Å²) in [6.45, 7) is 0. The van der Waals surface area contributed by atoms with E-state index in [9.17, 15) is 0 Å². The molecule has 1 aliphatic carbocycles. The first kappa shape index (κ1) is 27.6. The number of pyridine rings is 1. The predicted molar refractivity (Wildman–Crippen MR) is 197 cm³/mol. The van der Waals surface area contributed by atoms with Crippen molar-refractivity contribution in [3.8, 4) is 56.4 Å². The molecule has 3 nitrogen and oxygen atoms in total. The van der Waals surface area contributed by atoms with Crippen LogP contribution in [-0.4, -0.2) is 4.98 Å². The van der Waals surface area contributed by atoms with Crippen LogP contribution in [0, 0.1) is 0 Å². The van der Waals surface area contributed by atoms with Gasteiger partial charge in [-0.1, -0.05) is 140 Å². The summed E-state index contributed by atoms with van der Waals surface area (Å²) in [6, 6.07) is 59.9. The monoisotopic (exact) mass is 627 g/mol. The predicted octanol–water partition coefficient (Wildman–Crippen LogP) is 11.8. The van der Waals surface area contributed by atoms with E-state index >= 15 is 0 Å². The second kappa shape index (κ2) is 10.8. The lowest BCUT2D eigenvalue weighted by Crippen LogP contribution is -2.28. The molecule has 0 spiro atoms. The number of ether oxygens (including phenoxy) is 2. The lowest BCUT2D eigenvalue weighted by atomic mass is 9.67. The van der Waals surface area contributed by atoms with Gasteiger partial charge in [-0.15, -0.1) is 0 Å². The van der Waals surface area contributed by atoms with Crippen LogP contribution in [-0.2, 0) is 5.41 Å². The number of rotatable bonds is 4. The Morgan fingerprint density at radius 3 is 1.80 bits per heavy atom. The first-order valence-corrected chi connectivity index (χ1v) is 16.6. The van der Waals surface area contributed by atoms with E-state index in [-0.39, 0.29) is 0 Å². The SMILES string of the molecule is c1ccc(C2(c3ccccc3)c3ccccc3-c3cc4c(cc32)Oc2ccc(-c3ccc(-c5cccc6cccnc56)cc3)cc2O4)cc1. The molecular formula is C46H29NO2. The summed E-state index contributed by atoms with van der Waals surface area (Å²) >= 11 is 0. The average molecular weight is 628 g/mol. The van der Waals surface area contributed by atoms with E-state index in [0.29, 0.717) is 17.2 Å². The third-order valence-corrected chi connectivity index (χ3v) is 10.1. The number of hydrogen-bond donors (Lipinski definition) is 0. The number of aromatic nitrogens is 1. The average Bonchev–Trinajstić information content (AvgIpc) is 3.46. The van der Waals surface area contributed by atoms with Gasteiger partial charge in [0, 0.05) is 17.1 Å². The van der Waals surface area contributed by atoms with Gasteiger partial charge in [-0.05, 0) is 80.4 Å². The molecule has 0 amide bonds. The molecule has 1 aromatic heterocycles. The maximum absolute atomic E-state index is 6.67. The first-order valence-electron chi connectivity index (χ1n) is 16.6. The van der Waals surface area contributed by atoms with Crippen molar-refractivity contribution >= 4 is 10.9 Å². The quantitative estimate of drug-likeness (QED) is 0.195. The molecular weight excluding hydrogens is 599 g/mol. The fourth-order valence-corrected chi connectivity index (χ4v) is 7.88. The van der Waals surface area contributed by atoms with Gasteiger partial charge in [-0.2, -0.15) is 0 Å². The Hall–Kier alpha value is -6.45. The summed E-state index contributed by atoms with van der Waals surface area (Å²) in [7, 11) is 0. The fourth-order valence-electron chi connectivity index (χ4n) is 7.88. The highest BCUT2D eigenvalue weighted by Crippen LogP contribution is 2.59. The van der Waals surface area contributed by atoms with Gasteiger partial charge >= 0.3 is 0 Å². The molecule has 3 heteroatoms. The highest BCUT2D eigenvalue weighted by atomic mass is 16.6. The van der Waals surface area contributed by atoms with Crippen LogP contribution in [0.2, 0.25) is 0 Å². The first-order chi connectivity index (χ1) is 24.3. The molecule has 0 N–H and O–H groups in total. The van der Waals surface area contributed by atoms with Gasteiger partial charge in [0.1, 0.15) is 0 Å². The zero-order valence-electron chi connectivity index (χ0n) is 26.5. The maximum Gasteiger partial charge on any atom is 0.170 e. The van der Waals surface area contributed by atoms with Crippen LogP contribution in [0.15, 0.2) is 176 Å². The molecule has 0 radical (unpaired) electrons. The molecule has 2 heterocycles. The van der Waals surface area contributed by atoms with E-state index in [1.165, 1.54) is 27.8 Å². The number of para-hydroxylation sites is 1. The molecule has 0 saturated heterocycles. The minimum absolute atomic E-state index is 0.495. The van der Waals surface area contributed by atoms with Crippen LogP contribution in [0.5, 0.6) is 23.0 Å². The second-order valence-corrected chi connectivity index (χ2v) is 12.7. The normalized spacial score (nSPS) is 13.4. The molecule has 10 rings (SSSR count). The molecule has 0 atom stereocenters. The minimum Gasteiger partial charge on any atom is -0.450 e. The second-order valence-electron chi connectivity index (χ2n) is 12.7. The van der Waals surface area contributed by atoms with Crippen LogP contribution in [0.25, 0.3) is 44.3 Å². The number of hydrogen-bond acceptors (Lipinski definition) is 3. The lowest BCUT2D eigenvalue weighted by molar-refractivity contribution is 0.359. The van der Waals surface area contributed by atoms with Crippen molar-refractivity contribution in [1.29, 1.82) is 0 Å². The van der Waals surface area contributed by atoms with Gasteiger partial charge in [0.25, 0.3) is 0 Å². The lowest BCUT2D eigenvalue weighted by Gasteiger charge is -2.34. The molecule has 230 valence electrons. The standard InChI is InChI=1S/C46H29NO2/c1-3-13-34(14-4-1)46(35-15-5-2-6-16-35)39-19-8-7-17-37(39)38-28-43-44(29-40(38)46)48-41-25-24-33(27-42(41)49-43)30-20-22-31(23-21-30)36-18-9-11-32-12-10-26-47-45(32)36/h1-29H. The third-order valence-electron chi connectivity index (χ3n) is 10.1. The van der Waals surface area contributed by atoms with Crippen molar-refractivity contribution in [2.45, 2.75) is 5.41 Å². The van der Waals surface area contributed by atoms with Crippen molar-refractivity contribution in [2.75, 3.05) is 0 Å². The van der Waals surface area contributed by atoms with E-state index < -0.39 is 5.41 Å². The molecule has 0 bridgehead atoms. The molecule has 0 saturated carbocycles. The van der Waals surface area contributed by atoms with E-state index in [2.05, 4.69) is 163 Å². The maximum atomic E-state index is 6.67. The zero-order valence-corrected chi connectivity index (χ0v) is 26.5. The zero-order chi connectivity index (χ0) is 32.4. The molecule has 7 aromatic carbocycles. The number of benzene rings is 7. The van der Waals surface area contributed by atoms with Crippen molar-refractivity contribution in [2.24, 2.45) is 0 Å². The van der Waals surface area contributed by atoms with Gasteiger partial charge in [0.2, 0.25) is 0 Å². The summed E-state index contributed by atoms with van der Waals surface area (Å²) in [6.07, 6.45) is 1.85. The van der Waals surface area contributed by atoms with E-state index in [0.717, 1.165) is 44.5 Å². The van der Waals surface area contributed by atoms with Crippen LogP contribution in [0.1, 0.15) is 22.3 Å². The Bertz CT molecular complexity index is 2490. The van der Waals surface area contributed by atoms with Gasteiger partial charge in [0.15, 0.2) is 23.0 Å². The van der Waals surface area contributed by atoms with Gasteiger partial charge in [0.05, 0.1) is 10.9 Å². The summed E-state index contributed by atoms with van der Waals surface area (Å²) in [5.41, 5.74) is 12.2. The Kier molecular flexibility index (Phi) is 6.09. The largest absolute Gasteiger partial charge is 0.450 e. The van der Waals surface area contributed by atoms with E-state index in [1.807, 2.05) is 18.3 Å². The van der Waals surface area contributed by atoms with Gasteiger partial charge in [-0.3, -0.25) is 4.98 Å². The highest BCUT2D eigenvalue weighted by molar-refractivity contribution is 5.94. The van der Waals surface area contributed by atoms with Crippen LogP contribution >= 0.6 is 0 Å². The number of nitrogens with zero attached hydrogens (tertiary/aromatic N) is 1. The molecule has 1 aliphatic heterocycles. The fraction of sp³-hybridized carbons (Fsp3) is 0.0217. The van der Waals surface area contributed by atoms with Crippen molar-refractivity contribution < 1.29 is 9.47 Å². The molecule has 2 aliphatic rings. The Morgan fingerprint density at radius 1 is 0.388 bits per heavy atom. The minimum atomic E-state index is -0.495. The number of fused-ring (bicyclic) bond motifs is 6. The Morgan fingerprint density at radius 2 is 1.00 bits per heavy atom. The summed E-state index contributed by atoms with van der Waals surface area (Å²) in [5.74, 6) is 2.84.